The maximum Gasteiger partial charge on any atom is 0.282 e. The first-order chi connectivity index (χ1) is 16.0. The van der Waals surface area contributed by atoms with Gasteiger partial charge in [-0.3, -0.25) is 9.59 Å². The summed E-state index contributed by atoms with van der Waals surface area (Å²) >= 11 is 0. The van der Waals surface area contributed by atoms with Gasteiger partial charge in [-0.25, -0.2) is 4.90 Å². The fourth-order valence-electron chi connectivity index (χ4n) is 4.58. The van der Waals surface area contributed by atoms with Gasteiger partial charge in [-0.05, 0) is 79.8 Å². The summed E-state index contributed by atoms with van der Waals surface area (Å²) < 4.78 is 5.57. The van der Waals surface area contributed by atoms with Crippen LogP contribution in [0.2, 0.25) is 0 Å². The van der Waals surface area contributed by atoms with Crippen molar-refractivity contribution in [1.29, 1.82) is 0 Å². The third kappa shape index (κ3) is 3.50. The van der Waals surface area contributed by atoms with Crippen LogP contribution in [0.15, 0.2) is 72.4 Å². The van der Waals surface area contributed by atoms with Crippen molar-refractivity contribution in [2.75, 3.05) is 23.0 Å². The number of hydrogen-bond acceptors (Lipinski definition) is 4. The number of rotatable bonds is 5. The first kappa shape index (κ1) is 21.0. The van der Waals surface area contributed by atoms with Gasteiger partial charge in [0.25, 0.3) is 11.8 Å². The van der Waals surface area contributed by atoms with Crippen molar-refractivity contribution in [3.63, 3.8) is 0 Å². The molecule has 5 nitrogen and oxygen atoms in total. The minimum absolute atomic E-state index is 0.288. The molecule has 33 heavy (non-hydrogen) atoms. The first-order valence-corrected chi connectivity index (χ1v) is 11.3. The van der Waals surface area contributed by atoms with Gasteiger partial charge in [-0.1, -0.05) is 36.4 Å². The second-order valence-electron chi connectivity index (χ2n) is 8.43. The highest BCUT2D eigenvalue weighted by Crippen LogP contribution is 2.40. The molecule has 5 rings (SSSR count). The molecule has 2 heterocycles. The lowest BCUT2D eigenvalue weighted by Crippen LogP contribution is -2.35. The lowest BCUT2D eigenvalue weighted by atomic mass is 10.0. The average Bonchev–Trinajstić information content (AvgIpc) is 3.34. The van der Waals surface area contributed by atoms with Crippen molar-refractivity contribution in [2.45, 2.75) is 27.2 Å². The Morgan fingerprint density at radius 3 is 2.36 bits per heavy atom. The number of benzene rings is 3. The van der Waals surface area contributed by atoms with E-state index in [1.807, 2.05) is 86.3 Å². The number of ether oxygens (including phenoxy) is 1. The first-order valence-electron chi connectivity index (χ1n) is 11.3. The van der Waals surface area contributed by atoms with E-state index in [-0.39, 0.29) is 11.8 Å². The zero-order valence-corrected chi connectivity index (χ0v) is 19.1. The molecule has 2 amide bonds. The molecule has 0 bridgehead atoms. The molecule has 2 aliphatic heterocycles. The Bertz CT molecular complexity index is 1290. The fourth-order valence-corrected chi connectivity index (χ4v) is 4.58. The standard InChI is InChI=1S/C28H26N2O3/c1-4-33-23-13-10-21(11-14-23)25-26(29-16-15-20-7-5-6-8-24(20)29)28(32)30(27(25)31)22-12-9-18(2)19(3)17-22/h5-14,17H,4,15-16H2,1-3H3. The van der Waals surface area contributed by atoms with E-state index in [4.69, 9.17) is 4.74 Å². The topological polar surface area (TPSA) is 49.9 Å². The van der Waals surface area contributed by atoms with Gasteiger partial charge in [-0.2, -0.15) is 0 Å². The van der Waals surface area contributed by atoms with Crippen molar-refractivity contribution < 1.29 is 14.3 Å². The zero-order chi connectivity index (χ0) is 23.1. The summed E-state index contributed by atoms with van der Waals surface area (Å²) in [7, 11) is 0. The molecule has 166 valence electrons. The number of imide groups is 1. The smallest absolute Gasteiger partial charge is 0.282 e. The molecule has 0 aliphatic carbocycles. The molecule has 0 saturated carbocycles. The molecule has 0 fully saturated rings. The highest BCUT2D eigenvalue weighted by Gasteiger charge is 2.44. The van der Waals surface area contributed by atoms with Gasteiger partial charge in [-0.15, -0.1) is 0 Å². The van der Waals surface area contributed by atoms with Gasteiger partial charge >= 0.3 is 0 Å². The van der Waals surface area contributed by atoms with E-state index >= 15 is 0 Å². The molecule has 3 aromatic rings. The summed E-state index contributed by atoms with van der Waals surface area (Å²) in [5, 5.41) is 0. The molecule has 0 spiro atoms. The van der Waals surface area contributed by atoms with Crippen LogP contribution >= 0.6 is 0 Å². The number of amides is 2. The van der Waals surface area contributed by atoms with E-state index in [9.17, 15) is 9.59 Å². The lowest BCUT2D eigenvalue weighted by molar-refractivity contribution is -0.120. The van der Waals surface area contributed by atoms with E-state index in [2.05, 4.69) is 6.07 Å². The van der Waals surface area contributed by atoms with Crippen LogP contribution in [0.3, 0.4) is 0 Å². The highest BCUT2D eigenvalue weighted by molar-refractivity contribution is 6.46. The Morgan fingerprint density at radius 1 is 0.879 bits per heavy atom. The van der Waals surface area contributed by atoms with Gasteiger partial charge < -0.3 is 9.64 Å². The molecule has 5 heteroatoms. The van der Waals surface area contributed by atoms with Crippen molar-refractivity contribution in [3.8, 4) is 5.75 Å². The number of para-hydroxylation sites is 1. The summed E-state index contributed by atoms with van der Waals surface area (Å²) in [6.45, 7) is 7.16. The number of anilines is 2. The molecule has 0 saturated heterocycles. The number of fused-ring (bicyclic) bond motifs is 1. The van der Waals surface area contributed by atoms with Crippen LogP contribution in [0.4, 0.5) is 11.4 Å². The van der Waals surface area contributed by atoms with Gasteiger partial charge in [0.15, 0.2) is 0 Å². The number of aryl methyl sites for hydroxylation is 2. The molecule has 0 atom stereocenters. The van der Waals surface area contributed by atoms with Crippen LogP contribution in [-0.4, -0.2) is 25.0 Å². The zero-order valence-electron chi connectivity index (χ0n) is 19.1. The SMILES string of the molecule is CCOc1ccc(C2=C(N3CCc4ccccc43)C(=O)N(c3ccc(C)c(C)c3)C2=O)cc1. The van der Waals surface area contributed by atoms with Crippen LogP contribution in [0.5, 0.6) is 5.75 Å². The van der Waals surface area contributed by atoms with E-state index in [0.717, 1.165) is 29.0 Å². The molecular weight excluding hydrogens is 412 g/mol. The van der Waals surface area contributed by atoms with Gasteiger partial charge in [0, 0.05) is 12.2 Å². The van der Waals surface area contributed by atoms with Crippen LogP contribution in [0.25, 0.3) is 5.57 Å². The summed E-state index contributed by atoms with van der Waals surface area (Å²) in [6, 6.07) is 21.2. The van der Waals surface area contributed by atoms with Gasteiger partial charge in [0.1, 0.15) is 11.4 Å². The Kier molecular flexibility index (Phi) is 5.25. The normalized spacial score (nSPS) is 15.5. The molecule has 0 radical (unpaired) electrons. The predicted molar refractivity (Wildman–Crippen MR) is 130 cm³/mol. The Balaban J connectivity index is 1.65. The quantitative estimate of drug-likeness (QED) is 0.523. The third-order valence-electron chi connectivity index (χ3n) is 6.42. The summed E-state index contributed by atoms with van der Waals surface area (Å²) in [6.07, 6.45) is 0.835. The molecule has 2 aliphatic rings. The van der Waals surface area contributed by atoms with E-state index in [1.54, 1.807) is 0 Å². The van der Waals surface area contributed by atoms with Gasteiger partial charge in [0.2, 0.25) is 0 Å². The fraction of sp³-hybridized carbons (Fsp3) is 0.214. The minimum atomic E-state index is -0.299. The predicted octanol–water partition coefficient (Wildman–Crippen LogP) is 5.05. The van der Waals surface area contributed by atoms with E-state index in [1.165, 1.54) is 10.5 Å². The van der Waals surface area contributed by atoms with E-state index in [0.29, 0.717) is 35.7 Å². The summed E-state index contributed by atoms with van der Waals surface area (Å²) in [5.74, 6) is 0.147. The third-order valence-corrected chi connectivity index (χ3v) is 6.42. The number of carbonyl (C=O) groups excluding carboxylic acids is 2. The molecular formula is C28H26N2O3. The second-order valence-corrected chi connectivity index (χ2v) is 8.43. The average molecular weight is 439 g/mol. The highest BCUT2D eigenvalue weighted by atomic mass is 16.5. The number of nitrogens with zero attached hydrogens (tertiary/aromatic N) is 2. The number of hydrogen-bond donors (Lipinski definition) is 0. The summed E-state index contributed by atoms with van der Waals surface area (Å²) in [5.41, 5.74) is 6.49. The minimum Gasteiger partial charge on any atom is -0.494 e. The second kappa shape index (κ2) is 8.24. The largest absolute Gasteiger partial charge is 0.494 e. The van der Waals surface area contributed by atoms with Crippen molar-refractivity contribution >= 4 is 28.8 Å². The van der Waals surface area contributed by atoms with Crippen LogP contribution in [0.1, 0.15) is 29.2 Å². The van der Waals surface area contributed by atoms with Crippen molar-refractivity contribution in [3.05, 3.63) is 94.7 Å². The Morgan fingerprint density at radius 2 is 1.64 bits per heavy atom. The number of carbonyl (C=O) groups is 2. The van der Waals surface area contributed by atoms with Crippen molar-refractivity contribution in [1.82, 2.24) is 0 Å². The molecule has 3 aromatic carbocycles. The monoisotopic (exact) mass is 438 g/mol. The van der Waals surface area contributed by atoms with Crippen LogP contribution < -0.4 is 14.5 Å². The van der Waals surface area contributed by atoms with Crippen LogP contribution in [-0.2, 0) is 16.0 Å². The molecule has 0 N–H and O–H groups in total. The maximum absolute atomic E-state index is 13.8. The lowest BCUT2D eigenvalue weighted by Gasteiger charge is -2.22. The Labute approximate surface area is 193 Å². The van der Waals surface area contributed by atoms with Crippen molar-refractivity contribution in [2.24, 2.45) is 0 Å². The van der Waals surface area contributed by atoms with Crippen LogP contribution in [0, 0.1) is 13.8 Å². The van der Waals surface area contributed by atoms with Gasteiger partial charge in [0.05, 0.1) is 17.9 Å². The summed E-state index contributed by atoms with van der Waals surface area (Å²) in [4.78, 5) is 31.0. The van der Waals surface area contributed by atoms with E-state index < -0.39 is 0 Å². The molecule has 0 aromatic heterocycles. The molecule has 0 unspecified atom stereocenters. The Hall–Kier alpha value is -3.86. The maximum atomic E-state index is 13.8.